The van der Waals surface area contributed by atoms with Gasteiger partial charge in [0, 0.05) is 13.1 Å². The van der Waals surface area contributed by atoms with Crippen molar-refractivity contribution in [2.45, 2.75) is 40.2 Å². The van der Waals surface area contributed by atoms with Crippen LogP contribution in [-0.2, 0) is 6.54 Å². The number of likely N-dealkylation sites (tertiary alicyclic amines) is 1. The lowest BCUT2D eigenvalue weighted by Crippen LogP contribution is -2.36. The average Bonchev–Trinajstić information content (AvgIpc) is 2.32. The van der Waals surface area contributed by atoms with Crippen LogP contribution < -0.4 is 0 Å². The molecule has 1 nitrogen and oxygen atoms in total. The van der Waals surface area contributed by atoms with Crippen LogP contribution in [0.15, 0.2) is 24.3 Å². The molecule has 0 amide bonds. The van der Waals surface area contributed by atoms with Crippen molar-refractivity contribution in [3.8, 4) is 0 Å². The van der Waals surface area contributed by atoms with Crippen LogP contribution >= 0.6 is 0 Å². The number of aryl methyl sites for hydroxylation is 1. The van der Waals surface area contributed by atoms with E-state index in [9.17, 15) is 0 Å². The van der Waals surface area contributed by atoms with Crippen LogP contribution in [0.2, 0.25) is 0 Å². The van der Waals surface area contributed by atoms with E-state index in [2.05, 4.69) is 49.9 Å². The van der Waals surface area contributed by atoms with Crippen molar-refractivity contribution in [2.75, 3.05) is 13.1 Å². The third-order valence-electron chi connectivity index (χ3n) is 4.14. The quantitative estimate of drug-likeness (QED) is 0.763. The Labute approximate surface area is 106 Å². The number of hydrogen-bond acceptors (Lipinski definition) is 1. The number of hydrogen-bond donors (Lipinski definition) is 0. The van der Waals surface area contributed by atoms with Gasteiger partial charge in [-0.25, -0.2) is 0 Å². The first-order valence-electron chi connectivity index (χ1n) is 6.93. The normalized spacial score (nSPS) is 22.0. The predicted octanol–water partition coefficient (Wildman–Crippen LogP) is 3.86. The molecular weight excluding hydrogens is 206 g/mol. The Hall–Kier alpha value is -0.820. The smallest absolute Gasteiger partial charge is 0.0236 e. The monoisotopic (exact) mass is 231 g/mol. The number of nitrogens with zero attached hydrogens (tertiary/aromatic N) is 1. The SMILES string of the molecule is Cc1ccccc1CN1CCC[C@@H](C(C)C)C1. The van der Waals surface area contributed by atoms with Crippen LogP contribution in [-0.4, -0.2) is 18.0 Å². The van der Waals surface area contributed by atoms with Gasteiger partial charge in [0.1, 0.15) is 0 Å². The summed E-state index contributed by atoms with van der Waals surface area (Å²) in [7, 11) is 0. The lowest BCUT2D eigenvalue weighted by atomic mass is 9.87. The minimum atomic E-state index is 0.828. The van der Waals surface area contributed by atoms with E-state index in [-0.39, 0.29) is 0 Å². The zero-order valence-corrected chi connectivity index (χ0v) is 11.4. The highest BCUT2D eigenvalue weighted by Crippen LogP contribution is 2.24. The average molecular weight is 231 g/mol. The van der Waals surface area contributed by atoms with Crippen LogP contribution in [0.1, 0.15) is 37.8 Å². The molecule has 94 valence electrons. The molecule has 1 heteroatoms. The minimum absolute atomic E-state index is 0.828. The van der Waals surface area contributed by atoms with Crippen molar-refractivity contribution in [1.82, 2.24) is 4.90 Å². The molecule has 17 heavy (non-hydrogen) atoms. The maximum Gasteiger partial charge on any atom is 0.0236 e. The number of rotatable bonds is 3. The molecule has 1 fully saturated rings. The van der Waals surface area contributed by atoms with Gasteiger partial charge >= 0.3 is 0 Å². The van der Waals surface area contributed by atoms with Crippen molar-refractivity contribution in [3.05, 3.63) is 35.4 Å². The predicted molar refractivity (Wildman–Crippen MR) is 74.0 cm³/mol. The fourth-order valence-electron chi connectivity index (χ4n) is 2.81. The standard InChI is InChI=1S/C16H25N/c1-13(2)15-9-6-10-17(11-15)12-16-8-5-4-7-14(16)3/h4-5,7-8,13,15H,6,9-12H2,1-3H3/t15-/m1/s1. The summed E-state index contributed by atoms with van der Waals surface area (Å²) >= 11 is 0. The molecule has 1 aliphatic rings. The van der Waals surface area contributed by atoms with Gasteiger partial charge in [0.25, 0.3) is 0 Å². The fourth-order valence-corrected chi connectivity index (χ4v) is 2.81. The summed E-state index contributed by atoms with van der Waals surface area (Å²) in [5.74, 6) is 1.72. The van der Waals surface area contributed by atoms with Crippen LogP contribution in [0.25, 0.3) is 0 Å². The first-order chi connectivity index (χ1) is 8.16. The molecule has 1 saturated heterocycles. The van der Waals surface area contributed by atoms with E-state index in [1.165, 1.54) is 37.1 Å². The molecule has 0 bridgehead atoms. The molecule has 0 unspecified atom stereocenters. The van der Waals surface area contributed by atoms with Crippen LogP contribution in [0.5, 0.6) is 0 Å². The largest absolute Gasteiger partial charge is 0.299 e. The summed E-state index contributed by atoms with van der Waals surface area (Å²) in [5.41, 5.74) is 2.93. The second-order valence-corrected chi connectivity index (χ2v) is 5.81. The summed E-state index contributed by atoms with van der Waals surface area (Å²) in [6, 6.07) is 8.78. The topological polar surface area (TPSA) is 3.24 Å². The Kier molecular flexibility index (Phi) is 4.22. The minimum Gasteiger partial charge on any atom is -0.299 e. The van der Waals surface area contributed by atoms with E-state index in [0.29, 0.717) is 0 Å². The molecule has 0 aliphatic carbocycles. The molecule has 1 aromatic rings. The summed E-state index contributed by atoms with van der Waals surface area (Å²) < 4.78 is 0. The fraction of sp³-hybridized carbons (Fsp3) is 0.625. The van der Waals surface area contributed by atoms with Crippen molar-refractivity contribution < 1.29 is 0 Å². The van der Waals surface area contributed by atoms with Gasteiger partial charge in [-0.05, 0) is 49.3 Å². The van der Waals surface area contributed by atoms with Gasteiger partial charge in [-0.1, -0.05) is 38.1 Å². The molecule has 0 N–H and O–H groups in total. The maximum atomic E-state index is 2.64. The van der Waals surface area contributed by atoms with E-state index in [0.717, 1.165) is 18.4 Å². The Balaban J connectivity index is 1.97. The summed E-state index contributed by atoms with van der Waals surface area (Å²) in [4.78, 5) is 2.64. The van der Waals surface area contributed by atoms with Crippen molar-refractivity contribution >= 4 is 0 Å². The van der Waals surface area contributed by atoms with E-state index >= 15 is 0 Å². The third kappa shape index (κ3) is 3.32. The van der Waals surface area contributed by atoms with Crippen molar-refractivity contribution in [1.29, 1.82) is 0 Å². The lowest BCUT2D eigenvalue weighted by molar-refractivity contribution is 0.139. The number of benzene rings is 1. The highest BCUT2D eigenvalue weighted by Gasteiger charge is 2.22. The molecule has 2 rings (SSSR count). The molecule has 0 radical (unpaired) electrons. The second-order valence-electron chi connectivity index (χ2n) is 5.81. The maximum absolute atomic E-state index is 2.64. The third-order valence-corrected chi connectivity index (χ3v) is 4.14. The van der Waals surface area contributed by atoms with Gasteiger partial charge in [0.15, 0.2) is 0 Å². The molecule has 1 heterocycles. The molecule has 1 atom stereocenters. The summed E-state index contributed by atoms with van der Waals surface area (Å²) in [5, 5.41) is 0. The van der Waals surface area contributed by atoms with Crippen molar-refractivity contribution in [2.24, 2.45) is 11.8 Å². The van der Waals surface area contributed by atoms with E-state index in [1.807, 2.05) is 0 Å². The van der Waals surface area contributed by atoms with Gasteiger partial charge in [-0.2, -0.15) is 0 Å². The first kappa shape index (κ1) is 12.6. The zero-order chi connectivity index (χ0) is 12.3. The van der Waals surface area contributed by atoms with Gasteiger partial charge in [-0.15, -0.1) is 0 Å². The Morgan fingerprint density at radius 1 is 1.29 bits per heavy atom. The number of piperidine rings is 1. The Bertz CT molecular complexity index is 356. The molecule has 0 aromatic heterocycles. The zero-order valence-electron chi connectivity index (χ0n) is 11.4. The Morgan fingerprint density at radius 3 is 2.76 bits per heavy atom. The molecule has 0 saturated carbocycles. The highest BCUT2D eigenvalue weighted by atomic mass is 15.1. The van der Waals surface area contributed by atoms with E-state index in [1.54, 1.807) is 0 Å². The van der Waals surface area contributed by atoms with Crippen LogP contribution in [0.3, 0.4) is 0 Å². The van der Waals surface area contributed by atoms with E-state index < -0.39 is 0 Å². The van der Waals surface area contributed by atoms with Gasteiger partial charge in [-0.3, -0.25) is 4.90 Å². The molecule has 0 spiro atoms. The highest BCUT2D eigenvalue weighted by molar-refractivity contribution is 5.25. The second kappa shape index (κ2) is 5.68. The lowest BCUT2D eigenvalue weighted by Gasteiger charge is -2.35. The molecule has 1 aromatic carbocycles. The van der Waals surface area contributed by atoms with E-state index in [4.69, 9.17) is 0 Å². The van der Waals surface area contributed by atoms with Crippen LogP contribution in [0.4, 0.5) is 0 Å². The van der Waals surface area contributed by atoms with Crippen molar-refractivity contribution in [3.63, 3.8) is 0 Å². The molecular formula is C16H25N. The van der Waals surface area contributed by atoms with Gasteiger partial charge in [0.2, 0.25) is 0 Å². The molecule has 1 aliphatic heterocycles. The van der Waals surface area contributed by atoms with Gasteiger partial charge in [0.05, 0.1) is 0 Å². The first-order valence-corrected chi connectivity index (χ1v) is 6.93. The Morgan fingerprint density at radius 2 is 2.06 bits per heavy atom. The summed E-state index contributed by atoms with van der Waals surface area (Å²) in [6.45, 7) is 10.6. The van der Waals surface area contributed by atoms with Gasteiger partial charge < -0.3 is 0 Å². The summed E-state index contributed by atoms with van der Waals surface area (Å²) in [6.07, 6.45) is 2.79. The van der Waals surface area contributed by atoms with Crippen LogP contribution in [0, 0.1) is 18.8 Å².